The number of nitrogens with zero attached hydrogens (tertiary/aromatic N) is 1. The summed E-state index contributed by atoms with van der Waals surface area (Å²) >= 11 is 0. The minimum absolute atomic E-state index is 0.0529. The molecule has 1 unspecified atom stereocenters. The average molecular weight is 289 g/mol. The van der Waals surface area contributed by atoms with Gasteiger partial charge < -0.3 is 9.64 Å². The second kappa shape index (κ2) is 7.02. The van der Waals surface area contributed by atoms with E-state index in [1.807, 2.05) is 18.2 Å². The van der Waals surface area contributed by atoms with Gasteiger partial charge in [-0.3, -0.25) is 14.4 Å². The highest BCUT2D eigenvalue weighted by Crippen LogP contribution is 2.16. The van der Waals surface area contributed by atoms with E-state index in [0.717, 1.165) is 12.8 Å². The smallest absolute Gasteiger partial charge is 0.313 e. The lowest BCUT2D eigenvalue weighted by atomic mass is 10.1. The summed E-state index contributed by atoms with van der Waals surface area (Å²) in [5.41, 5.74) is 0.633. The van der Waals surface area contributed by atoms with Crippen LogP contribution in [0.15, 0.2) is 30.3 Å². The molecule has 1 aliphatic rings. The fourth-order valence-corrected chi connectivity index (χ4v) is 2.41. The van der Waals surface area contributed by atoms with Gasteiger partial charge in [0.1, 0.15) is 18.3 Å². The van der Waals surface area contributed by atoms with Crippen LogP contribution in [0.4, 0.5) is 0 Å². The first-order valence-corrected chi connectivity index (χ1v) is 7.09. The van der Waals surface area contributed by atoms with Gasteiger partial charge in [-0.25, -0.2) is 0 Å². The van der Waals surface area contributed by atoms with Gasteiger partial charge in [-0.05, 0) is 31.9 Å². The number of carbonyl (C=O) groups is 3. The van der Waals surface area contributed by atoms with Gasteiger partial charge in [0, 0.05) is 12.1 Å². The van der Waals surface area contributed by atoms with E-state index in [1.165, 1.54) is 6.92 Å². The van der Waals surface area contributed by atoms with Crippen molar-refractivity contribution in [2.45, 2.75) is 32.3 Å². The normalized spacial score (nSPS) is 18.1. The summed E-state index contributed by atoms with van der Waals surface area (Å²) in [6, 6.07) is 9.05. The lowest BCUT2D eigenvalue weighted by Gasteiger charge is -2.32. The molecule has 1 saturated heterocycles. The van der Waals surface area contributed by atoms with Crippen LogP contribution in [-0.4, -0.2) is 41.8 Å². The van der Waals surface area contributed by atoms with E-state index in [-0.39, 0.29) is 24.2 Å². The first-order chi connectivity index (χ1) is 10.1. The third kappa shape index (κ3) is 4.41. The van der Waals surface area contributed by atoms with Crippen molar-refractivity contribution in [1.82, 2.24) is 4.90 Å². The van der Waals surface area contributed by atoms with Crippen LogP contribution in [-0.2, 0) is 14.3 Å². The van der Waals surface area contributed by atoms with Crippen LogP contribution in [0, 0.1) is 0 Å². The lowest BCUT2D eigenvalue weighted by molar-refractivity contribution is -0.152. The zero-order chi connectivity index (χ0) is 15.2. The third-order valence-corrected chi connectivity index (χ3v) is 3.38. The molecule has 5 nitrogen and oxygen atoms in total. The van der Waals surface area contributed by atoms with Crippen LogP contribution < -0.4 is 0 Å². The Morgan fingerprint density at radius 2 is 1.95 bits per heavy atom. The van der Waals surface area contributed by atoms with Gasteiger partial charge in [-0.2, -0.15) is 0 Å². The number of carbonyl (C=O) groups excluding carboxylic acids is 3. The first kappa shape index (κ1) is 15.2. The number of esters is 1. The van der Waals surface area contributed by atoms with Crippen molar-refractivity contribution < 1.29 is 19.1 Å². The molecule has 0 saturated carbocycles. The van der Waals surface area contributed by atoms with Crippen LogP contribution in [0.25, 0.3) is 0 Å². The van der Waals surface area contributed by atoms with Crippen LogP contribution in [0.1, 0.15) is 36.5 Å². The summed E-state index contributed by atoms with van der Waals surface area (Å²) in [6.07, 6.45) is 0.986. The van der Waals surface area contributed by atoms with Crippen molar-refractivity contribution in [3.8, 4) is 0 Å². The molecule has 5 heteroatoms. The molecule has 0 spiro atoms. The summed E-state index contributed by atoms with van der Waals surface area (Å²) in [6.45, 7) is 2.40. The summed E-state index contributed by atoms with van der Waals surface area (Å²) < 4.78 is 5.26. The minimum atomic E-state index is -0.512. The number of likely N-dealkylation sites (tertiary alicyclic amines) is 1. The number of ether oxygens (including phenoxy) is 1. The predicted octanol–water partition coefficient (Wildman–Crippen LogP) is 1.81. The van der Waals surface area contributed by atoms with Gasteiger partial charge in [0.25, 0.3) is 5.91 Å². The molecule has 1 aromatic rings. The van der Waals surface area contributed by atoms with E-state index < -0.39 is 5.97 Å². The minimum Gasteiger partial charge on any atom is -0.460 e. The van der Waals surface area contributed by atoms with E-state index >= 15 is 0 Å². The maximum atomic E-state index is 12.3. The Morgan fingerprint density at radius 1 is 1.24 bits per heavy atom. The standard InChI is InChI=1S/C16H19NO4/c1-12(18)10-15(19)21-14-8-5-9-17(11-14)16(20)13-6-3-2-4-7-13/h2-4,6-7,14H,5,8-11H2,1H3. The predicted molar refractivity (Wildman–Crippen MR) is 76.8 cm³/mol. The Hall–Kier alpha value is -2.17. The van der Waals surface area contributed by atoms with Crippen molar-refractivity contribution in [2.24, 2.45) is 0 Å². The summed E-state index contributed by atoms with van der Waals surface area (Å²) in [7, 11) is 0. The van der Waals surface area contributed by atoms with Gasteiger partial charge in [0.2, 0.25) is 0 Å². The zero-order valence-electron chi connectivity index (χ0n) is 12.1. The van der Waals surface area contributed by atoms with E-state index in [2.05, 4.69) is 0 Å². The summed E-state index contributed by atoms with van der Waals surface area (Å²) in [5, 5.41) is 0. The maximum Gasteiger partial charge on any atom is 0.313 e. The molecular formula is C16H19NO4. The third-order valence-electron chi connectivity index (χ3n) is 3.38. The zero-order valence-corrected chi connectivity index (χ0v) is 12.1. The Morgan fingerprint density at radius 3 is 2.62 bits per heavy atom. The summed E-state index contributed by atoms with van der Waals surface area (Å²) in [4.78, 5) is 36.4. The van der Waals surface area contributed by atoms with E-state index in [9.17, 15) is 14.4 Å². The fraction of sp³-hybridized carbons (Fsp3) is 0.438. The maximum absolute atomic E-state index is 12.3. The van der Waals surface area contributed by atoms with E-state index in [0.29, 0.717) is 18.7 Å². The second-order valence-electron chi connectivity index (χ2n) is 5.25. The molecule has 0 N–H and O–H groups in total. The van der Waals surface area contributed by atoms with Gasteiger partial charge in [-0.15, -0.1) is 0 Å². The number of benzene rings is 1. The molecule has 1 aromatic carbocycles. The van der Waals surface area contributed by atoms with Gasteiger partial charge in [0.05, 0.1) is 6.54 Å². The highest BCUT2D eigenvalue weighted by Gasteiger charge is 2.26. The number of piperidine rings is 1. The molecule has 1 fully saturated rings. The fourth-order valence-electron chi connectivity index (χ4n) is 2.41. The van der Waals surface area contributed by atoms with Gasteiger partial charge >= 0.3 is 5.97 Å². The molecule has 21 heavy (non-hydrogen) atoms. The van der Waals surface area contributed by atoms with Gasteiger partial charge in [0.15, 0.2) is 0 Å². The van der Waals surface area contributed by atoms with Crippen molar-refractivity contribution >= 4 is 17.7 Å². The van der Waals surface area contributed by atoms with Crippen molar-refractivity contribution in [1.29, 1.82) is 0 Å². The second-order valence-corrected chi connectivity index (χ2v) is 5.25. The summed E-state index contributed by atoms with van der Waals surface area (Å²) in [5.74, 6) is -0.780. The molecule has 1 amide bonds. The molecular weight excluding hydrogens is 270 g/mol. The SMILES string of the molecule is CC(=O)CC(=O)OC1CCCN(C(=O)c2ccccc2)C1. The molecule has 1 heterocycles. The van der Waals surface area contributed by atoms with Gasteiger partial charge in [-0.1, -0.05) is 18.2 Å². The molecule has 2 rings (SSSR count). The monoisotopic (exact) mass is 289 g/mol. The average Bonchev–Trinajstić information content (AvgIpc) is 2.46. The van der Waals surface area contributed by atoms with Crippen molar-refractivity contribution in [2.75, 3.05) is 13.1 Å². The molecule has 112 valence electrons. The van der Waals surface area contributed by atoms with Crippen molar-refractivity contribution in [3.63, 3.8) is 0 Å². The van der Waals surface area contributed by atoms with Crippen LogP contribution in [0.2, 0.25) is 0 Å². The van der Waals surface area contributed by atoms with Crippen LogP contribution in [0.3, 0.4) is 0 Å². The quantitative estimate of drug-likeness (QED) is 0.626. The molecule has 1 aliphatic heterocycles. The Kier molecular flexibility index (Phi) is 5.09. The highest BCUT2D eigenvalue weighted by atomic mass is 16.5. The molecule has 0 aromatic heterocycles. The molecule has 0 bridgehead atoms. The number of hydrogen-bond donors (Lipinski definition) is 0. The van der Waals surface area contributed by atoms with Crippen LogP contribution in [0.5, 0.6) is 0 Å². The van der Waals surface area contributed by atoms with E-state index in [4.69, 9.17) is 4.74 Å². The topological polar surface area (TPSA) is 63.7 Å². The number of Topliss-reactive ketones (excluding diaryl/α,β-unsaturated/α-hetero) is 1. The number of rotatable bonds is 4. The van der Waals surface area contributed by atoms with Crippen LogP contribution >= 0.6 is 0 Å². The molecule has 0 radical (unpaired) electrons. The van der Waals surface area contributed by atoms with E-state index in [1.54, 1.807) is 17.0 Å². The Labute approximate surface area is 123 Å². The Balaban J connectivity index is 1.93. The number of ketones is 1. The number of hydrogen-bond acceptors (Lipinski definition) is 4. The van der Waals surface area contributed by atoms with Crippen molar-refractivity contribution in [3.05, 3.63) is 35.9 Å². The Bertz CT molecular complexity index is 526. The first-order valence-electron chi connectivity index (χ1n) is 7.09. The molecule has 1 atom stereocenters. The lowest BCUT2D eigenvalue weighted by Crippen LogP contribution is -2.44. The molecule has 0 aliphatic carbocycles. The highest BCUT2D eigenvalue weighted by molar-refractivity contribution is 5.95. The largest absolute Gasteiger partial charge is 0.460 e. The number of amides is 1.